The summed E-state index contributed by atoms with van der Waals surface area (Å²) in [6.45, 7) is 6.00. The minimum absolute atomic E-state index is 0.0484. The summed E-state index contributed by atoms with van der Waals surface area (Å²) >= 11 is 1.39. The highest BCUT2D eigenvalue weighted by atomic mass is 32.1. The van der Waals surface area contributed by atoms with Crippen molar-refractivity contribution in [2.24, 2.45) is 0 Å². The second-order valence-electron chi connectivity index (χ2n) is 6.53. The highest BCUT2D eigenvalue weighted by molar-refractivity contribution is 7.14. The highest BCUT2D eigenvalue weighted by Gasteiger charge is 2.10. The average molecular weight is 397 g/mol. The number of amides is 1. The fourth-order valence-corrected chi connectivity index (χ4v) is 3.41. The molecular weight excluding hydrogens is 372 g/mol. The molecule has 0 unspecified atom stereocenters. The van der Waals surface area contributed by atoms with E-state index in [1.807, 2.05) is 67.8 Å². The lowest BCUT2D eigenvalue weighted by Crippen LogP contribution is -2.20. The van der Waals surface area contributed by atoms with E-state index in [1.54, 1.807) is 0 Å². The molecule has 0 aliphatic rings. The van der Waals surface area contributed by atoms with Crippen LogP contribution < -0.4 is 14.8 Å². The molecule has 146 valence electrons. The molecule has 3 aromatic rings. The number of anilines is 1. The first-order valence-corrected chi connectivity index (χ1v) is 10.2. The van der Waals surface area contributed by atoms with E-state index in [2.05, 4.69) is 17.2 Å². The smallest absolute Gasteiger partial charge is 0.264 e. The third-order valence-corrected chi connectivity index (χ3v) is 4.74. The maximum atomic E-state index is 12.2. The Labute approximate surface area is 169 Å². The second-order valence-corrected chi connectivity index (χ2v) is 7.39. The first kappa shape index (κ1) is 19.9. The molecule has 1 amide bonds. The van der Waals surface area contributed by atoms with Gasteiger partial charge in [-0.3, -0.25) is 10.1 Å². The van der Waals surface area contributed by atoms with Gasteiger partial charge in [-0.1, -0.05) is 25.1 Å². The van der Waals surface area contributed by atoms with Crippen molar-refractivity contribution in [1.29, 1.82) is 0 Å². The Kier molecular flexibility index (Phi) is 6.66. The third-order valence-electron chi connectivity index (χ3n) is 3.98. The van der Waals surface area contributed by atoms with Crippen LogP contribution in [0.1, 0.15) is 26.3 Å². The summed E-state index contributed by atoms with van der Waals surface area (Å²) in [6.07, 6.45) is 0.993. The fraction of sp³-hybridized carbons (Fsp3) is 0.273. The summed E-state index contributed by atoms with van der Waals surface area (Å²) in [5.74, 6) is 1.34. The van der Waals surface area contributed by atoms with Crippen molar-refractivity contribution >= 4 is 22.4 Å². The molecule has 0 atom stereocenters. The number of nitrogens with zero attached hydrogens (tertiary/aromatic N) is 1. The number of aryl methyl sites for hydroxylation is 1. The number of carbonyl (C=O) groups excluding carboxylic acids is 1. The molecule has 5 nitrogen and oxygen atoms in total. The van der Waals surface area contributed by atoms with Crippen molar-refractivity contribution in [3.63, 3.8) is 0 Å². The standard InChI is InChI=1S/C22H24N2O3S/c1-4-16-7-5-6-8-20(16)26-13-21(25)24-22-23-19(14-28-22)17-9-11-18(12-10-17)27-15(2)3/h5-12,14-15H,4,13H2,1-3H3,(H,23,24,25). The van der Waals surface area contributed by atoms with Crippen LogP contribution in [0.15, 0.2) is 53.9 Å². The van der Waals surface area contributed by atoms with Gasteiger partial charge in [-0.05, 0) is 56.2 Å². The molecule has 3 rings (SSSR count). The van der Waals surface area contributed by atoms with E-state index >= 15 is 0 Å². The Morgan fingerprint density at radius 1 is 1.14 bits per heavy atom. The molecule has 1 heterocycles. The summed E-state index contributed by atoms with van der Waals surface area (Å²) < 4.78 is 11.3. The number of para-hydroxylation sites is 1. The van der Waals surface area contributed by atoms with Gasteiger partial charge in [0.15, 0.2) is 11.7 Å². The number of thiazole rings is 1. The number of hydrogen-bond acceptors (Lipinski definition) is 5. The van der Waals surface area contributed by atoms with Crippen molar-refractivity contribution in [1.82, 2.24) is 4.98 Å². The Bertz CT molecular complexity index is 920. The number of nitrogens with one attached hydrogen (secondary N) is 1. The maximum Gasteiger partial charge on any atom is 0.264 e. The zero-order valence-corrected chi connectivity index (χ0v) is 17.1. The van der Waals surface area contributed by atoms with E-state index in [9.17, 15) is 4.79 Å². The van der Waals surface area contributed by atoms with Gasteiger partial charge in [-0.25, -0.2) is 4.98 Å². The Morgan fingerprint density at radius 2 is 1.89 bits per heavy atom. The van der Waals surface area contributed by atoms with E-state index in [-0.39, 0.29) is 18.6 Å². The molecule has 0 fully saturated rings. The molecule has 28 heavy (non-hydrogen) atoms. The number of ether oxygens (including phenoxy) is 2. The number of carbonyl (C=O) groups is 1. The molecule has 6 heteroatoms. The summed E-state index contributed by atoms with van der Waals surface area (Å²) in [6, 6.07) is 15.5. The molecule has 0 spiro atoms. The van der Waals surface area contributed by atoms with Gasteiger partial charge in [-0.2, -0.15) is 0 Å². The largest absolute Gasteiger partial charge is 0.491 e. The van der Waals surface area contributed by atoms with Crippen molar-refractivity contribution in [3.8, 4) is 22.8 Å². The quantitative estimate of drug-likeness (QED) is 0.570. The van der Waals surface area contributed by atoms with Crippen LogP contribution in [-0.2, 0) is 11.2 Å². The molecule has 1 aromatic heterocycles. The Hall–Kier alpha value is -2.86. The lowest BCUT2D eigenvalue weighted by molar-refractivity contribution is -0.118. The molecule has 0 saturated heterocycles. The molecule has 0 radical (unpaired) electrons. The van der Waals surface area contributed by atoms with Crippen LogP contribution in [0.4, 0.5) is 5.13 Å². The van der Waals surface area contributed by atoms with Crippen LogP contribution in [0.5, 0.6) is 11.5 Å². The van der Waals surface area contributed by atoms with Crippen LogP contribution >= 0.6 is 11.3 Å². The van der Waals surface area contributed by atoms with Crippen molar-refractivity contribution in [3.05, 3.63) is 59.5 Å². The van der Waals surface area contributed by atoms with Crippen molar-refractivity contribution < 1.29 is 14.3 Å². The van der Waals surface area contributed by atoms with Crippen LogP contribution in [0, 0.1) is 0 Å². The Morgan fingerprint density at radius 3 is 2.61 bits per heavy atom. The lowest BCUT2D eigenvalue weighted by atomic mass is 10.1. The maximum absolute atomic E-state index is 12.2. The van der Waals surface area contributed by atoms with Gasteiger partial charge in [0.05, 0.1) is 11.8 Å². The topological polar surface area (TPSA) is 60.5 Å². The summed E-state index contributed by atoms with van der Waals surface area (Å²) in [5.41, 5.74) is 2.87. The number of benzene rings is 2. The lowest BCUT2D eigenvalue weighted by Gasteiger charge is -2.09. The monoisotopic (exact) mass is 396 g/mol. The van der Waals surface area contributed by atoms with Gasteiger partial charge in [0, 0.05) is 10.9 Å². The predicted molar refractivity (Wildman–Crippen MR) is 113 cm³/mol. The van der Waals surface area contributed by atoms with Crippen LogP contribution in [0.3, 0.4) is 0 Å². The first-order chi connectivity index (χ1) is 13.5. The fourth-order valence-electron chi connectivity index (χ4n) is 2.68. The molecule has 0 bridgehead atoms. The van der Waals surface area contributed by atoms with Gasteiger partial charge in [0.1, 0.15) is 11.5 Å². The van der Waals surface area contributed by atoms with Gasteiger partial charge in [-0.15, -0.1) is 11.3 Å². The third kappa shape index (κ3) is 5.33. The molecule has 0 aliphatic heterocycles. The zero-order valence-electron chi connectivity index (χ0n) is 16.3. The first-order valence-electron chi connectivity index (χ1n) is 9.28. The summed E-state index contributed by atoms with van der Waals surface area (Å²) in [5, 5.41) is 5.26. The predicted octanol–water partition coefficient (Wildman–Crippen LogP) is 5.18. The minimum atomic E-state index is -0.229. The van der Waals surface area contributed by atoms with Gasteiger partial charge >= 0.3 is 0 Å². The van der Waals surface area contributed by atoms with E-state index in [4.69, 9.17) is 9.47 Å². The SMILES string of the molecule is CCc1ccccc1OCC(=O)Nc1nc(-c2ccc(OC(C)C)cc2)cs1. The summed E-state index contributed by atoms with van der Waals surface area (Å²) in [4.78, 5) is 16.7. The molecule has 0 saturated carbocycles. The van der Waals surface area contributed by atoms with E-state index in [0.717, 1.165) is 34.7 Å². The normalized spacial score (nSPS) is 10.7. The summed E-state index contributed by atoms with van der Waals surface area (Å²) in [7, 11) is 0. The van der Waals surface area contributed by atoms with Crippen molar-refractivity contribution in [2.45, 2.75) is 33.3 Å². The van der Waals surface area contributed by atoms with E-state index in [0.29, 0.717) is 5.13 Å². The molecular formula is C22H24N2O3S. The zero-order chi connectivity index (χ0) is 19.9. The van der Waals surface area contributed by atoms with Crippen LogP contribution in [0.25, 0.3) is 11.3 Å². The van der Waals surface area contributed by atoms with Gasteiger partial charge in [0.2, 0.25) is 0 Å². The van der Waals surface area contributed by atoms with E-state index in [1.165, 1.54) is 11.3 Å². The van der Waals surface area contributed by atoms with E-state index < -0.39 is 0 Å². The van der Waals surface area contributed by atoms with Crippen LogP contribution in [-0.4, -0.2) is 23.6 Å². The molecule has 0 aliphatic carbocycles. The van der Waals surface area contributed by atoms with Crippen molar-refractivity contribution in [2.75, 3.05) is 11.9 Å². The number of rotatable bonds is 8. The van der Waals surface area contributed by atoms with Crippen LogP contribution in [0.2, 0.25) is 0 Å². The van der Waals surface area contributed by atoms with Gasteiger partial charge in [0.25, 0.3) is 5.91 Å². The Balaban J connectivity index is 1.57. The number of aromatic nitrogens is 1. The molecule has 2 aromatic carbocycles. The minimum Gasteiger partial charge on any atom is -0.491 e. The molecule has 1 N–H and O–H groups in total. The average Bonchev–Trinajstić information content (AvgIpc) is 3.15. The highest BCUT2D eigenvalue weighted by Crippen LogP contribution is 2.27. The second kappa shape index (κ2) is 9.37. The van der Waals surface area contributed by atoms with Gasteiger partial charge < -0.3 is 9.47 Å². The number of hydrogen-bond donors (Lipinski definition) is 1.